The van der Waals surface area contributed by atoms with Crippen LogP contribution in [-0.4, -0.2) is 36.0 Å². The molecule has 0 saturated carbocycles. The molecule has 0 bridgehead atoms. The Kier molecular flexibility index (Phi) is 3.99. The number of hydrogen-bond acceptors (Lipinski definition) is 4. The van der Waals surface area contributed by atoms with Crippen molar-refractivity contribution in [3.8, 4) is 0 Å². The summed E-state index contributed by atoms with van der Waals surface area (Å²) in [5.41, 5.74) is 7.01. The van der Waals surface area contributed by atoms with Crippen LogP contribution >= 0.6 is 0 Å². The van der Waals surface area contributed by atoms with E-state index in [2.05, 4.69) is 5.32 Å². The Morgan fingerprint density at radius 1 is 1.35 bits per heavy atom. The third kappa shape index (κ3) is 3.12. The van der Waals surface area contributed by atoms with Crippen molar-refractivity contribution in [3.63, 3.8) is 0 Å². The van der Waals surface area contributed by atoms with Gasteiger partial charge < -0.3 is 21.1 Å². The molecule has 4 N–H and O–H groups in total. The lowest BCUT2D eigenvalue weighted by Crippen LogP contribution is -2.51. The maximum atomic E-state index is 11.7. The van der Waals surface area contributed by atoms with E-state index in [0.717, 1.165) is 0 Å². The number of carbonyl (C=O) groups is 3. The molecule has 7 nitrogen and oxygen atoms in total. The molecule has 1 saturated heterocycles. The van der Waals surface area contributed by atoms with E-state index in [1.807, 2.05) is 0 Å². The van der Waals surface area contributed by atoms with E-state index >= 15 is 0 Å². The molecule has 1 heterocycles. The van der Waals surface area contributed by atoms with Crippen molar-refractivity contribution in [2.24, 2.45) is 5.73 Å². The molecule has 0 aromatic heterocycles. The predicted molar refractivity (Wildman–Crippen MR) is 71.0 cm³/mol. The molecular weight excluding hydrogens is 262 g/mol. The zero-order chi connectivity index (χ0) is 14.7. The van der Waals surface area contributed by atoms with Gasteiger partial charge in [-0.05, 0) is 17.7 Å². The van der Waals surface area contributed by atoms with Gasteiger partial charge in [0.1, 0.15) is 6.54 Å². The quantitative estimate of drug-likeness (QED) is 0.694. The van der Waals surface area contributed by atoms with Crippen LogP contribution in [0.3, 0.4) is 0 Å². The van der Waals surface area contributed by atoms with E-state index in [4.69, 9.17) is 10.8 Å². The van der Waals surface area contributed by atoms with E-state index < -0.39 is 12.0 Å². The van der Waals surface area contributed by atoms with E-state index in [-0.39, 0.29) is 31.3 Å². The lowest BCUT2D eigenvalue weighted by Gasteiger charge is -2.26. The number of nitrogens with two attached hydrogens (primary N) is 1. The molecule has 0 aliphatic carbocycles. The summed E-state index contributed by atoms with van der Waals surface area (Å²) in [7, 11) is 0. The minimum atomic E-state index is -0.968. The number of piperazine rings is 1. The molecule has 2 rings (SSSR count). The fourth-order valence-electron chi connectivity index (χ4n) is 2.00. The fraction of sp³-hybridized carbons (Fsp3) is 0.308. The number of hydrogen-bond donors (Lipinski definition) is 3. The second-order valence-electron chi connectivity index (χ2n) is 4.55. The van der Waals surface area contributed by atoms with Crippen LogP contribution in [-0.2, 0) is 14.4 Å². The molecule has 106 valence electrons. The van der Waals surface area contributed by atoms with Crippen molar-refractivity contribution >= 4 is 23.5 Å². The second-order valence-corrected chi connectivity index (χ2v) is 4.55. The minimum Gasteiger partial charge on any atom is -0.481 e. The molecule has 1 aromatic rings. The van der Waals surface area contributed by atoms with Gasteiger partial charge in [0.05, 0.1) is 13.0 Å². The SMILES string of the molecule is NC(CC(=O)O)c1ccc(N2CC(=O)NCC2=O)cc1. The van der Waals surface area contributed by atoms with Crippen LogP contribution in [0.25, 0.3) is 0 Å². The number of carboxylic acids is 1. The zero-order valence-corrected chi connectivity index (χ0v) is 10.7. The van der Waals surface area contributed by atoms with E-state index in [1.54, 1.807) is 24.3 Å². The topological polar surface area (TPSA) is 113 Å². The van der Waals surface area contributed by atoms with Crippen LogP contribution in [0.2, 0.25) is 0 Å². The first-order valence-electron chi connectivity index (χ1n) is 6.12. The Labute approximate surface area is 115 Å². The van der Waals surface area contributed by atoms with Gasteiger partial charge in [-0.15, -0.1) is 0 Å². The van der Waals surface area contributed by atoms with Crippen molar-refractivity contribution in [1.29, 1.82) is 0 Å². The third-order valence-corrected chi connectivity index (χ3v) is 3.07. The molecule has 1 aliphatic rings. The summed E-state index contributed by atoms with van der Waals surface area (Å²) in [6, 6.07) is 6.06. The maximum absolute atomic E-state index is 11.7. The van der Waals surface area contributed by atoms with Gasteiger partial charge in [-0.1, -0.05) is 12.1 Å². The summed E-state index contributed by atoms with van der Waals surface area (Å²) in [5.74, 6) is -1.37. The lowest BCUT2D eigenvalue weighted by molar-refractivity contribution is -0.137. The Bertz CT molecular complexity index is 541. The summed E-state index contributed by atoms with van der Waals surface area (Å²) < 4.78 is 0. The van der Waals surface area contributed by atoms with Gasteiger partial charge in [0.15, 0.2) is 0 Å². The second kappa shape index (κ2) is 5.70. The van der Waals surface area contributed by atoms with Crippen LogP contribution < -0.4 is 16.0 Å². The number of nitrogens with one attached hydrogen (secondary N) is 1. The summed E-state index contributed by atoms with van der Waals surface area (Å²) in [5, 5.41) is 11.2. The number of benzene rings is 1. The van der Waals surface area contributed by atoms with Gasteiger partial charge in [0, 0.05) is 11.7 Å². The molecule has 7 heteroatoms. The number of nitrogens with zero attached hydrogens (tertiary/aromatic N) is 1. The van der Waals surface area contributed by atoms with Crippen molar-refractivity contribution in [2.75, 3.05) is 18.0 Å². The first kappa shape index (κ1) is 14.0. The fourth-order valence-corrected chi connectivity index (χ4v) is 2.00. The van der Waals surface area contributed by atoms with Crippen molar-refractivity contribution in [1.82, 2.24) is 5.32 Å². The molecule has 1 aliphatic heterocycles. The molecule has 2 amide bonds. The van der Waals surface area contributed by atoms with Crippen LogP contribution in [0.5, 0.6) is 0 Å². The molecule has 1 fully saturated rings. The number of carbonyl (C=O) groups excluding carboxylic acids is 2. The van der Waals surface area contributed by atoms with Gasteiger partial charge in [0.2, 0.25) is 11.8 Å². The summed E-state index contributed by atoms with van der Waals surface area (Å²) >= 11 is 0. The highest BCUT2D eigenvalue weighted by molar-refractivity contribution is 6.04. The summed E-state index contributed by atoms with van der Waals surface area (Å²) in [6.07, 6.45) is -0.162. The first-order chi connectivity index (χ1) is 9.47. The molecule has 1 atom stereocenters. The highest BCUT2D eigenvalue weighted by Gasteiger charge is 2.24. The van der Waals surface area contributed by atoms with Gasteiger partial charge in [-0.25, -0.2) is 0 Å². The van der Waals surface area contributed by atoms with Gasteiger partial charge in [-0.2, -0.15) is 0 Å². The molecule has 20 heavy (non-hydrogen) atoms. The highest BCUT2D eigenvalue weighted by atomic mass is 16.4. The third-order valence-electron chi connectivity index (χ3n) is 3.07. The molecule has 1 unspecified atom stereocenters. The number of aliphatic carboxylic acids is 1. The van der Waals surface area contributed by atoms with Crippen LogP contribution in [0.15, 0.2) is 24.3 Å². The Morgan fingerprint density at radius 2 is 2.00 bits per heavy atom. The predicted octanol–water partition coefficient (Wildman–Crippen LogP) is -0.376. The highest BCUT2D eigenvalue weighted by Crippen LogP contribution is 2.20. The molecule has 1 aromatic carbocycles. The minimum absolute atomic E-state index is 0.0145. The standard InChI is InChI=1S/C13H15N3O4/c14-10(5-13(19)20)8-1-3-9(4-2-8)16-7-11(17)15-6-12(16)18/h1-4,10H,5-7,14H2,(H,15,17)(H,19,20). The molecule has 0 radical (unpaired) electrons. The largest absolute Gasteiger partial charge is 0.481 e. The smallest absolute Gasteiger partial charge is 0.305 e. The zero-order valence-electron chi connectivity index (χ0n) is 10.7. The lowest BCUT2D eigenvalue weighted by atomic mass is 10.0. The number of carboxylic acid groups (broad SMARTS) is 1. The van der Waals surface area contributed by atoms with Crippen molar-refractivity contribution < 1.29 is 19.5 Å². The van der Waals surface area contributed by atoms with Gasteiger partial charge in [0.25, 0.3) is 0 Å². The van der Waals surface area contributed by atoms with Crippen LogP contribution in [0.4, 0.5) is 5.69 Å². The van der Waals surface area contributed by atoms with Crippen molar-refractivity contribution in [3.05, 3.63) is 29.8 Å². The Morgan fingerprint density at radius 3 is 2.60 bits per heavy atom. The van der Waals surface area contributed by atoms with Crippen molar-refractivity contribution in [2.45, 2.75) is 12.5 Å². The van der Waals surface area contributed by atoms with Crippen LogP contribution in [0.1, 0.15) is 18.0 Å². The summed E-state index contributed by atoms with van der Waals surface area (Å²) in [6.45, 7) is -0.0293. The number of anilines is 1. The van der Waals surface area contributed by atoms with Crippen LogP contribution in [0, 0.1) is 0 Å². The average molecular weight is 277 g/mol. The van der Waals surface area contributed by atoms with E-state index in [1.165, 1.54) is 4.90 Å². The molecular formula is C13H15N3O4. The van der Waals surface area contributed by atoms with Gasteiger partial charge in [-0.3, -0.25) is 14.4 Å². The number of amides is 2. The average Bonchev–Trinajstić information content (AvgIpc) is 2.41. The van der Waals surface area contributed by atoms with E-state index in [9.17, 15) is 14.4 Å². The Hall–Kier alpha value is -2.41. The first-order valence-corrected chi connectivity index (χ1v) is 6.12. The van der Waals surface area contributed by atoms with Gasteiger partial charge >= 0.3 is 5.97 Å². The maximum Gasteiger partial charge on any atom is 0.305 e. The molecule has 0 spiro atoms. The summed E-state index contributed by atoms with van der Waals surface area (Å²) in [4.78, 5) is 35.0. The normalized spacial score (nSPS) is 16.8. The van der Waals surface area contributed by atoms with E-state index in [0.29, 0.717) is 11.3 Å². The monoisotopic (exact) mass is 277 g/mol. The Balaban J connectivity index is 2.13. The number of rotatable bonds is 4.